The summed E-state index contributed by atoms with van der Waals surface area (Å²) in [7, 11) is 0. The number of rotatable bonds is 2. The monoisotopic (exact) mass is 213 g/mol. The summed E-state index contributed by atoms with van der Waals surface area (Å²) in [6.07, 6.45) is 0. The molecule has 1 atom stereocenters. The Hall–Kier alpha value is -1.13. The van der Waals surface area contributed by atoms with Gasteiger partial charge < -0.3 is 4.74 Å². The van der Waals surface area contributed by atoms with E-state index in [1.165, 1.54) is 12.1 Å². The Bertz CT molecular complexity index is 401. The minimum atomic E-state index is -0.489. The summed E-state index contributed by atoms with van der Waals surface area (Å²) in [5, 5.41) is 10.8. The highest BCUT2D eigenvalue weighted by molar-refractivity contribution is 6.32. The summed E-state index contributed by atoms with van der Waals surface area (Å²) in [5.41, 5.74) is 0.379. The Morgan fingerprint density at radius 2 is 2.29 bits per heavy atom. The van der Waals surface area contributed by atoms with Gasteiger partial charge in [0.25, 0.3) is 5.69 Å². The van der Waals surface area contributed by atoms with Crippen LogP contribution in [0.1, 0.15) is 12.5 Å². The van der Waals surface area contributed by atoms with E-state index in [-0.39, 0.29) is 16.3 Å². The molecule has 1 unspecified atom stereocenters. The quantitative estimate of drug-likeness (QED) is 0.431. The summed E-state index contributed by atoms with van der Waals surface area (Å²) < 4.78 is 5.19. The van der Waals surface area contributed by atoms with Crippen LogP contribution in [0, 0.1) is 10.1 Å². The van der Waals surface area contributed by atoms with Gasteiger partial charge in [-0.2, -0.15) is 0 Å². The summed E-state index contributed by atoms with van der Waals surface area (Å²) in [4.78, 5) is 10.1. The predicted octanol–water partition coefficient (Wildman–Crippen LogP) is 2.49. The highest BCUT2D eigenvalue weighted by Crippen LogP contribution is 2.40. The lowest BCUT2D eigenvalue weighted by Crippen LogP contribution is -2.02. The Balaban J connectivity index is 2.46. The van der Waals surface area contributed by atoms with Crippen molar-refractivity contribution < 1.29 is 9.66 Å². The minimum Gasteiger partial charge on any atom is -0.365 e. The molecule has 14 heavy (non-hydrogen) atoms. The van der Waals surface area contributed by atoms with Crippen molar-refractivity contribution in [1.29, 1.82) is 0 Å². The van der Waals surface area contributed by atoms with Gasteiger partial charge in [-0.05, 0) is 18.6 Å². The van der Waals surface area contributed by atoms with Crippen LogP contribution in [0.5, 0.6) is 0 Å². The Kier molecular flexibility index (Phi) is 1.97. The largest absolute Gasteiger partial charge is 0.365 e. The molecule has 0 saturated carbocycles. The molecule has 0 spiro atoms. The van der Waals surface area contributed by atoms with Crippen LogP contribution in [-0.2, 0) is 10.3 Å². The van der Waals surface area contributed by atoms with Crippen LogP contribution in [0.2, 0.25) is 5.02 Å². The van der Waals surface area contributed by atoms with Gasteiger partial charge in [-0.25, -0.2) is 0 Å². The zero-order chi connectivity index (χ0) is 10.3. The average Bonchev–Trinajstić information content (AvgIpc) is 2.85. The van der Waals surface area contributed by atoms with Gasteiger partial charge in [0.15, 0.2) is 0 Å². The molecular weight excluding hydrogens is 206 g/mol. The second-order valence-corrected chi connectivity index (χ2v) is 3.85. The highest BCUT2D eigenvalue weighted by Gasteiger charge is 2.42. The first kappa shape index (κ1) is 9.43. The van der Waals surface area contributed by atoms with E-state index in [1.54, 1.807) is 6.07 Å². The SMILES string of the molecule is CC1(c2ccc(Cl)c([N+](=O)[O-])c2)CO1. The Morgan fingerprint density at radius 1 is 1.64 bits per heavy atom. The maximum absolute atomic E-state index is 10.6. The molecule has 74 valence electrons. The molecule has 2 rings (SSSR count). The van der Waals surface area contributed by atoms with Crippen LogP contribution in [0.4, 0.5) is 5.69 Å². The molecule has 1 fully saturated rings. The van der Waals surface area contributed by atoms with E-state index in [0.29, 0.717) is 6.61 Å². The van der Waals surface area contributed by atoms with Gasteiger partial charge in [-0.3, -0.25) is 10.1 Å². The molecule has 1 heterocycles. The van der Waals surface area contributed by atoms with Crippen molar-refractivity contribution in [3.05, 3.63) is 38.9 Å². The topological polar surface area (TPSA) is 55.7 Å². The number of hydrogen-bond acceptors (Lipinski definition) is 3. The van der Waals surface area contributed by atoms with Crippen molar-refractivity contribution in [2.45, 2.75) is 12.5 Å². The summed E-state index contributed by atoms with van der Waals surface area (Å²) in [6.45, 7) is 2.49. The van der Waals surface area contributed by atoms with E-state index in [0.717, 1.165) is 5.56 Å². The first-order chi connectivity index (χ1) is 6.53. The molecule has 4 nitrogen and oxygen atoms in total. The smallest absolute Gasteiger partial charge is 0.288 e. The number of nitro benzene ring substituents is 1. The Labute approximate surface area is 85.6 Å². The maximum atomic E-state index is 10.6. The number of hydrogen-bond donors (Lipinski definition) is 0. The predicted molar refractivity (Wildman–Crippen MR) is 51.4 cm³/mol. The van der Waals surface area contributed by atoms with Gasteiger partial charge in [0.2, 0.25) is 0 Å². The summed E-state index contributed by atoms with van der Waals surface area (Å²) >= 11 is 5.68. The number of benzene rings is 1. The van der Waals surface area contributed by atoms with Crippen LogP contribution >= 0.6 is 11.6 Å². The number of nitro groups is 1. The van der Waals surface area contributed by atoms with E-state index in [4.69, 9.17) is 16.3 Å². The van der Waals surface area contributed by atoms with Crippen LogP contribution < -0.4 is 0 Å². The standard InChI is InChI=1S/C9H8ClNO3/c1-9(5-14-9)6-2-3-7(10)8(4-6)11(12)13/h2-4H,5H2,1H3. The zero-order valence-electron chi connectivity index (χ0n) is 7.49. The van der Waals surface area contributed by atoms with Gasteiger partial charge in [0.05, 0.1) is 11.5 Å². The molecule has 0 aliphatic carbocycles. The van der Waals surface area contributed by atoms with Crippen molar-refractivity contribution in [2.24, 2.45) is 0 Å². The molecule has 0 aromatic heterocycles. The van der Waals surface area contributed by atoms with Gasteiger partial charge in [-0.1, -0.05) is 17.7 Å². The molecule has 1 aromatic rings. The fourth-order valence-electron chi connectivity index (χ4n) is 1.26. The van der Waals surface area contributed by atoms with Crippen molar-refractivity contribution in [3.63, 3.8) is 0 Å². The summed E-state index contributed by atoms with van der Waals surface area (Å²) in [6, 6.07) is 4.75. The van der Waals surface area contributed by atoms with Gasteiger partial charge in [0, 0.05) is 6.07 Å². The normalized spacial score (nSPS) is 24.7. The third-order valence-corrected chi connectivity index (χ3v) is 2.65. The van der Waals surface area contributed by atoms with Gasteiger partial charge in [0.1, 0.15) is 10.6 Å². The van der Waals surface area contributed by atoms with E-state index in [1.807, 2.05) is 6.92 Å². The molecule has 0 amide bonds. The number of nitrogens with zero attached hydrogens (tertiary/aromatic N) is 1. The fourth-order valence-corrected chi connectivity index (χ4v) is 1.44. The second kappa shape index (κ2) is 2.93. The average molecular weight is 214 g/mol. The van der Waals surface area contributed by atoms with E-state index in [9.17, 15) is 10.1 Å². The van der Waals surface area contributed by atoms with Crippen molar-refractivity contribution in [3.8, 4) is 0 Å². The first-order valence-corrected chi connectivity index (χ1v) is 4.49. The zero-order valence-corrected chi connectivity index (χ0v) is 8.25. The van der Waals surface area contributed by atoms with Crippen LogP contribution in [-0.4, -0.2) is 11.5 Å². The fraction of sp³-hybridized carbons (Fsp3) is 0.333. The van der Waals surface area contributed by atoms with Crippen molar-refractivity contribution in [2.75, 3.05) is 6.61 Å². The lowest BCUT2D eigenvalue weighted by molar-refractivity contribution is -0.384. The molecular formula is C9H8ClNO3. The lowest BCUT2D eigenvalue weighted by atomic mass is 10.0. The van der Waals surface area contributed by atoms with E-state index < -0.39 is 4.92 Å². The molecule has 0 N–H and O–H groups in total. The first-order valence-electron chi connectivity index (χ1n) is 4.11. The summed E-state index contributed by atoms with van der Waals surface area (Å²) in [5.74, 6) is 0. The molecule has 1 aromatic carbocycles. The molecule has 1 aliphatic rings. The van der Waals surface area contributed by atoms with Gasteiger partial charge in [-0.15, -0.1) is 0 Å². The van der Waals surface area contributed by atoms with Gasteiger partial charge >= 0.3 is 0 Å². The number of ether oxygens (including phenoxy) is 1. The second-order valence-electron chi connectivity index (χ2n) is 3.44. The van der Waals surface area contributed by atoms with E-state index >= 15 is 0 Å². The highest BCUT2D eigenvalue weighted by atomic mass is 35.5. The molecule has 1 saturated heterocycles. The third kappa shape index (κ3) is 1.47. The molecule has 0 bridgehead atoms. The van der Waals surface area contributed by atoms with Crippen LogP contribution in [0.25, 0.3) is 0 Å². The molecule has 0 radical (unpaired) electrons. The molecule has 1 aliphatic heterocycles. The lowest BCUT2D eigenvalue weighted by Gasteiger charge is -2.05. The maximum Gasteiger partial charge on any atom is 0.288 e. The number of epoxide rings is 1. The molecule has 5 heteroatoms. The van der Waals surface area contributed by atoms with Crippen LogP contribution in [0.3, 0.4) is 0 Å². The Morgan fingerprint density at radius 3 is 2.79 bits per heavy atom. The minimum absolute atomic E-state index is 0.0686. The van der Waals surface area contributed by atoms with Crippen molar-refractivity contribution in [1.82, 2.24) is 0 Å². The third-order valence-electron chi connectivity index (χ3n) is 2.33. The van der Waals surface area contributed by atoms with Crippen LogP contribution in [0.15, 0.2) is 18.2 Å². The number of halogens is 1. The van der Waals surface area contributed by atoms with E-state index in [2.05, 4.69) is 0 Å². The van der Waals surface area contributed by atoms with Crippen molar-refractivity contribution >= 4 is 17.3 Å².